The van der Waals surface area contributed by atoms with Crippen LogP contribution in [0.1, 0.15) is 44.0 Å². The van der Waals surface area contributed by atoms with Gasteiger partial charge in [0.2, 0.25) is 0 Å². The molecule has 1 saturated carbocycles. The Balaban J connectivity index is 2.03. The van der Waals surface area contributed by atoms with Gasteiger partial charge in [0.1, 0.15) is 6.07 Å². The zero-order valence-corrected chi connectivity index (χ0v) is 12.7. The number of benzene rings is 1. The third kappa shape index (κ3) is 2.62. The number of ether oxygens (including phenoxy) is 2. The second-order valence-electron chi connectivity index (χ2n) is 5.12. The van der Waals surface area contributed by atoms with E-state index in [-0.39, 0.29) is 0 Å². The highest BCUT2D eigenvalue weighted by Crippen LogP contribution is 2.42. The van der Waals surface area contributed by atoms with E-state index in [1.54, 1.807) is 4.68 Å². The van der Waals surface area contributed by atoms with Crippen molar-refractivity contribution in [1.82, 2.24) is 15.0 Å². The van der Waals surface area contributed by atoms with Gasteiger partial charge in [-0.15, -0.1) is 5.10 Å². The van der Waals surface area contributed by atoms with Crippen LogP contribution in [-0.4, -0.2) is 28.2 Å². The van der Waals surface area contributed by atoms with Crippen molar-refractivity contribution in [3.8, 4) is 23.3 Å². The average Bonchev–Trinajstić information content (AvgIpc) is 3.28. The van der Waals surface area contributed by atoms with E-state index in [1.165, 1.54) is 0 Å². The molecule has 22 heavy (non-hydrogen) atoms. The largest absolute Gasteiger partial charge is 0.490 e. The molecular weight excluding hydrogens is 280 g/mol. The molecule has 0 atom stereocenters. The summed E-state index contributed by atoms with van der Waals surface area (Å²) in [5, 5.41) is 17.3. The molecule has 6 nitrogen and oxygen atoms in total. The van der Waals surface area contributed by atoms with Gasteiger partial charge in [0.25, 0.3) is 0 Å². The molecule has 0 bridgehead atoms. The van der Waals surface area contributed by atoms with Gasteiger partial charge in [0.05, 0.1) is 24.6 Å². The number of hydrogen-bond acceptors (Lipinski definition) is 5. The minimum Gasteiger partial charge on any atom is -0.490 e. The van der Waals surface area contributed by atoms with Crippen LogP contribution in [-0.2, 0) is 0 Å². The van der Waals surface area contributed by atoms with Crippen LogP contribution >= 0.6 is 0 Å². The first kappa shape index (κ1) is 14.4. The molecular formula is C16H18N4O2. The van der Waals surface area contributed by atoms with Gasteiger partial charge >= 0.3 is 0 Å². The minimum atomic E-state index is 0.381. The van der Waals surface area contributed by atoms with Gasteiger partial charge in [0.15, 0.2) is 17.2 Å². The third-order valence-electron chi connectivity index (χ3n) is 3.55. The van der Waals surface area contributed by atoms with Crippen molar-refractivity contribution in [2.24, 2.45) is 0 Å². The van der Waals surface area contributed by atoms with E-state index in [9.17, 15) is 5.26 Å². The molecule has 1 fully saturated rings. The minimum absolute atomic E-state index is 0.381. The van der Waals surface area contributed by atoms with Crippen LogP contribution in [0.5, 0.6) is 11.5 Å². The highest BCUT2D eigenvalue weighted by molar-refractivity contribution is 5.50. The number of rotatable bonds is 6. The first-order valence-electron chi connectivity index (χ1n) is 7.54. The predicted octanol–water partition coefficient (Wildman–Crippen LogP) is 2.81. The van der Waals surface area contributed by atoms with E-state index in [2.05, 4.69) is 16.4 Å². The Morgan fingerprint density at radius 2 is 1.95 bits per heavy atom. The Hall–Kier alpha value is -2.55. The molecule has 0 amide bonds. The summed E-state index contributed by atoms with van der Waals surface area (Å²) in [7, 11) is 0. The molecule has 1 aromatic carbocycles. The number of nitrogens with zero attached hydrogens (tertiary/aromatic N) is 4. The van der Waals surface area contributed by atoms with Gasteiger partial charge in [-0.3, -0.25) is 0 Å². The Labute approximate surface area is 129 Å². The molecule has 6 heteroatoms. The van der Waals surface area contributed by atoms with Gasteiger partial charge in [-0.1, -0.05) is 5.21 Å². The zero-order valence-electron chi connectivity index (χ0n) is 12.7. The van der Waals surface area contributed by atoms with Gasteiger partial charge in [0, 0.05) is 12.0 Å². The summed E-state index contributed by atoms with van der Waals surface area (Å²) >= 11 is 0. The van der Waals surface area contributed by atoms with Crippen molar-refractivity contribution in [1.29, 1.82) is 5.26 Å². The quantitative estimate of drug-likeness (QED) is 0.820. The molecule has 0 spiro atoms. The van der Waals surface area contributed by atoms with Crippen molar-refractivity contribution in [3.05, 3.63) is 29.6 Å². The molecule has 0 saturated heterocycles. The SMILES string of the molecule is CCOc1ccc(-n2nnc(C#N)c2C2CC2)cc1OCC. The van der Waals surface area contributed by atoms with Crippen LogP contribution in [0.15, 0.2) is 18.2 Å². The average molecular weight is 298 g/mol. The lowest BCUT2D eigenvalue weighted by molar-refractivity contribution is 0.287. The highest BCUT2D eigenvalue weighted by atomic mass is 16.5. The molecule has 3 rings (SSSR count). The summed E-state index contributed by atoms with van der Waals surface area (Å²) < 4.78 is 13.0. The normalized spacial score (nSPS) is 13.7. The Morgan fingerprint density at radius 1 is 1.23 bits per heavy atom. The van der Waals surface area contributed by atoms with E-state index in [0.29, 0.717) is 36.3 Å². The predicted molar refractivity (Wildman–Crippen MR) is 80.4 cm³/mol. The van der Waals surface area contributed by atoms with E-state index in [1.807, 2.05) is 32.0 Å². The Morgan fingerprint density at radius 3 is 2.59 bits per heavy atom. The van der Waals surface area contributed by atoms with Crippen molar-refractivity contribution in [3.63, 3.8) is 0 Å². The number of hydrogen-bond donors (Lipinski definition) is 0. The molecule has 0 aliphatic heterocycles. The molecule has 114 valence electrons. The van der Waals surface area contributed by atoms with Crippen LogP contribution in [0, 0.1) is 11.3 Å². The molecule has 1 aliphatic carbocycles. The number of nitriles is 1. The second kappa shape index (κ2) is 6.06. The lowest BCUT2D eigenvalue weighted by Gasteiger charge is -2.13. The lowest BCUT2D eigenvalue weighted by atomic mass is 10.2. The molecule has 1 heterocycles. The highest BCUT2D eigenvalue weighted by Gasteiger charge is 2.32. The molecule has 1 aliphatic rings. The Kier molecular flexibility index (Phi) is 3.96. The smallest absolute Gasteiger partial charge is 0.186 e. The maximum absolute atomic E-state index is 9.20. The fourth-order valence-electron chi connectivity index (χ4n) is 2.45. The van der Waals surface area contributed by atoms with Crippen molar-refractivity contribution >= 4 is 0 Å². The third-order valence-corrected chi connectivity index (χ3v) is 3.55. The topological polar surface area (TPSA) is 73.0 Å². The Bertz CT molecular complexity index is 713. The maximum Gasteiger partial charge on any atom is 0.186 e. The number of aromatic nitrogens is 3. The van der Waals surface area contributed by atoms with Gasteiger partial charge in [-0.2, -0.15) is 5.26 Å². The van der Waals surface area contributed by atoms with Gasteiger partial charge in [-0.05, 0) is 38.8 Å². The van der Waals surface area contributed by atoms with Gasteiger partial charge in [-0.25, -0.2) is 4.68 Å². The standard InChI is InChI=1S/C16H18N4O2/c1-3-21-14-8-7-12(9-15(14)22-4-2)20-16(11-5-6-11)13(10-17)18-19-20/h7-9,11H,3-6H2,1-2H3. The summed E-state index contributed by atoms with van der Waals surface area (Å²) in [6.45, 7) is 5.00. The molecule has 0 N–H and O–H groups in total. The van der Waals surface area contributed by atoms with Crippen molar-refractivity contribution in [2.75, 3.05) is 13.2 Å². The molecule has 1 aromatic heterocycles. The van der Waals surface area contributed by atoms with Crippen LogP contribution < -0.4 is 9.47 Å². The van der Waals surface area contributed by atoms with Crippen LogP contribution in [0.3, 0.4) is 0 Å². The van der Waals surface area contributed by atoms with Crippen molar-refractivity contribution < 1.29 is 9.47 Å². The van der Waals surface area contributed by atoms with Gasteiger partial charge < -0.3 is 9.47 Å². The van der Waals surface area contributed by atoms with Crippen molar-refractivity contribution in [2.45, 2.75) is 32.6 Å². The molecule has 0 unspecified atom stereocenters. The molecule has 0 radical (unpaired) electrons. The summed E-state index contributed by atoms with van der Waals surface area (Å²) in [5.41, 5.74) is 2.14. The van der Waals surface area contributed by atoms with Crippen LogP contribution in [0.25, 0.3) is 5.69 Å². The van der Waals surface area contributed by atoms with Crippen LogP contribution in [0.2, 0.25) is 0 Å². The van der Waals surface area contributed by atoms with E-state index < -0.39 is 0 Å². The van der Waals surface area contributed by atoms with E-state index in [4.69, 9.17) is 9.47 Å². The first-order valence-corrected chi connectivity index (χ1v) is 7.54. The summed E-state index contributed by atoms with van der Waals surface area (Å²) in [6.07, 6.45) is 2.16. The van der Waals surface area contributed by atoms with E-state index in [0.717, 1.165) is 24.2 Å². The monoisotopic (exact) mass is 298 g/mol. The lowest BCUT2D eigenvalue weighted by Crippen LogP contribution is -2.04. The van der Waals surface area contributed by atoms with Crippen LogP contribution in [0.4, 0.5) is 0 Å². The van der Waals surface area contributed by atoms with E-state index >= 15 is 0 Å². The maximum atomic E-state index is 9.20. The summed E-state index contributed by atoms with van der Waals surface area (Å²) in [6, 6.07) is 7.79. The summed E-state index contributed by atoms with van der Waals surface area (Å²) in [5.74, 6) is 1.77. The zero-order chi connectivity index (χ0) is 15.5. The second-order valence-corrected chi connectivity index (χ2v) is 5.12. The first-order chi connectivity index (χ1) is 10.8. The summed E-state index contributed by atoms with van der Waals surface area (Å²) in [4.78, 5) is 0. The fraction of sp³-hybridized carbons (Fsp3) is 0.438. The molecule has 2 aromatic rings. The fourth-order valence-corrected chi connectivity index (χ4v) is 2.45.